The summed E-state index contributed by atoms with van der Waals surface area (Å²) in [5.74, 6) is 0.496. The number of carbonyl (C=O) groups excluding carboxylic acids is 1. The van der Waals surface area contributed by atoms with Crippen LogP contribution in [0.25, 0.3) is 21.7 Å². The molecule has 13 heteroatoms. The molecule has 1 atom stereocenters. The molecule has 0 saturated heterocycles. The number of anilines is 1. The maximum atomic E-state index is 12.3. The number of nitriles is 2. The Hall–Kier alpha value is -4.62. The van der Waals surface area contributed by atoms with Gasteiger partial charge in [-0.2, -0.15) is 10.5 Å². The number of pyridine rings is 1. The Bertz CT molecular complexity index is 1910. The van der Waals surface area contributed by atoms with E-state index in [1.165, 1.54) is 23.1 Å². The molecule has 0 aliphatic carbocycles. The van der Waals surface area contributed by atoms with Gasteiger partial charge >= 0.3 is 5.97 Å². The number of hydrogen-bond acceptors (Lipinski definition) is 11. The van der Waals surface area contributed by atoms with E-state index in [0.717, 1.165) is 21.8 Å². The lowest BCUT2D eigenvalue weighted by atomic mass is 9.97. The number of halogens is 2. The van der Waals surface area contributed by atoms with Crippen molar-refractivity contribution < 1.29 is 14.3 Å². The molecule has 0 unspecified atom stereocenters. The topological polar surface area (TPSA) is 161 Å². The van der Waals surface area contributed by atoms with Gasteiger partial charge in [0.25, 0.3) is 0 Å². The Morgan fingerprint density at radius 1 is 0.936 bits per heavy atom. The van der Waals surface area contributed by atoms with Crippen molar-refractivity contribution in [2.45, 2.75) is 23.2 Å². The van der Waals surface area contributed by atoms with E-state index >= 15 is 0 Å². The second kappa shape index (κ2) is 16.8. The number of nitrogens with two attached hydrogens (primary N) is 2. The summed E-state index contributed by atoms with van der Waals surface area (Å²) in [6.07, 6.45) is 0.382. The van der Waals surface area contributed by atoms with Gasteiger partial charge in [0.2, 0.25) is 0 Å². The van der Waals surface area contributed by atoms with Gasteiger partial charge in [0.1, 0.15) is 58.6 Å². The fourth-order valence-corrected chi connectivity index (χ4v) is 6.45. The normalized spacial score (nSPS) is 11.1. The first-order chi connectivity index (χ1) is 22.4. The summed E-state index contributed by atoms with van der Waals surface area (Å²) < 4.78 is 11.0. The SMILES string of the molecule is Cl.N#Cc1c(N)nc(SCc2csc(-c3ccc(Cl)cc3)n2)c(C#N)c1-c1ccc(OCCOC(=O)[C@@H](N)Cc2ccccc2)cc1. The number of thioether (sulfide) groups is 1. The summed E-state index contributed by atoms with van der Waals surface area (Å²) in [5, 5.41) is 23.9. The number of benzene rings is 3. The molecule has 9 nitrogen and oxygen atoms in total. The van der Waals surface area contributed by atoms with Crippen LogP contribution in [0.5, 0.6) is 5.75 Å². The van der Waals surface area contributed by atoms with Crippen LogP contribution in [0.1, 0.15) is 22.4 Å². The van der Waals surface area contributed by atoms with E-state index in [2.05, 4.69) is 17.1 Å². The first kappa shape index (κ1) is 35.2. The molecule has 5 rings (SSSR count). The highest BCUT2D eigenvalue weighted by atomic mass is 35.5. The second-order valence-corrected chi connectivity index (χ2v) is 12.2. The summed E-state index contributed by atoms with van der Waals surface area (Å²) in [5.41, 5.74) is 16.3. The van der Waals surface area contributed by atoms with Crippen molar-refractivity contribution in [3.8, 4) is 39.6 Å². The maximum absolute atomic E-state index is 12.3. The Kier molecular flexibility index (Phi) is 12.6. The number of rotatable bonds is 12. The molecule has 0 amide bonds. The summed E-state index contributed by atoms with van der Waals surface area (Å²) >= 11 is 8.84. The molecule has 5 aromatic rings. The highest BCUT2D eigenvalue weighted by Crippen LogP contribution is 2.37. The molecule has 2 aromatic heterocycles. The molecule has 238 valence electrons. The van der Waals surface area contributed by atoms with Crippen LogP contribution in [0.3, 0.4) is 0 Å². The minimum Gasteiger partial charge on any atom is -0.490 e. The van der Waals surface area contributed by atoms with Gasteiger partial charge in [0, 0.05) is 27.3 Å². The second-order valence-electron chi connectivity index (χ2n) is 9.93. The van der Waals surface area contributed by atoms with Crippen molar-refractivity contribution in [2.75, 3.05) is 18.9 Å². The van der Waals surface area contributed by atoms with Crippen LogP contribution in [-0.2, 0) is 21.7 Å². The zero-order valence-electron chi connectivity index (χ0n) is 24.8. The number of esters is 1. The van der Waals surface area contributed by atoms with Crippen LogP contribution in [0, 0.1) is 22.7 Å². The van der Waals surface area contributed by atoms with Gasteiger partial charge in [-0.05, 0) is 41.8 Å². The lowest BCUT2D eigenvalue weighted by Gasteiger charge is -2.14. The van der Waals surface area contributed by atoms with Crippen molar-refractivity contribution in [1.82, 2.24) is 9.97 Å². The molecule has 2 heterocycles. The van der Waals surface area contributed by atoms with E-state index < -0.39 is 12.0 Å². The quantitative estimate of drug-likeness (QED) is 0.0782. The number of nitrogens with zero attached hydrogens (tertiary/aromatic N) is 4. The van der Waals surface area contributed by atoms with E-state index in [0.29, 0.717) is 39.1 Å². The van der Waals surface area contributed by atoms with E-state index in [1.807, 2.05) is 60.0 Å². The summed E-state index contributed by atoms with van der Waals surface area (Å²) in [6.45, 7) is 0.150. The fourth-order valence-electron chi connectivity index (χ4n) is 4.51. The van der Waals surface area contributed by atoms with Crippen LogP contribution in [-0.4, -0.2) is 35.2 Å². The van der Waals surface area contributed by atoms with Crippen LogP contribution < -0.4 is 16.2 Å². The van der Waals surface area contributed by atoms with Gasteiger partial charge in [0.05, 0.1) is 11.3 Å². The Morgan fingerprint density at radius 2 is 1.62 bits per heavy atom. The highest BCUT2D eigenvalue weighted by Gasteiger charge is 2.21. The summed E-state index contributed by atoms with van der Waals surface area (Å²) in [7, 11) is 0. The Balaban J connectivity index is 0.00000500. The van der Waals surface area contributed by atoms with Crippen molar-refractivity contribution in [3.63, 3.8) is 0 Å². The largest absolute Gasteiger partial charge is 0.490 e. The number of hydrogen-bond donors (Lipinski definition) is 2. The summed E-state index contributed by atoms with van der Waals surface area (Å²) in [4.78, 5) is 21.3. The van der Waals surface area contributed by atoms with Crippen molar-refractivity contribution in [2.24, 2.45) is 5.73 Å². The Labute approximate surface area is 291 Å². The predicted octanol–water partition coefficient (Wildman–Crippen LogP) is 7.06. The van der Waals surface area contributed by atoms with E-state index in [1.54, 1.807) is 24.3 Å². The molecule has 0 aliphatic rings. The van der Waals surface area contributed by atoms with Crippen molar-refractivity contribution in [1.29, 1.82) is 10.5 Å². The number of ether oxygens (including phenoxy) is 2. The zero-order chi connectivity index (χ0) is 32.5. The molecule has 3 aromatic carbocycles. The molecular formula is C34H28Cl2N6O3S2. The average Bonchev–Trinajstić information content (AvgIpc) is 3.55. The van der Waals surface area contributed by atoms with Crippen LogP contribution >= 0.6 is 47.1 Å². The standard InChI is InChI=1S/C34H27ClN6O3S2.ClH/c35-24-10-6-23(7-11-24)32-40-25(19-45-32)20-46-33-28(18-37)30(27(17-36)31(39)41-33)22-8-12-26(13-9-22)43-14-15-44-34(42)29(38)16-21-4-2-1-3-5-21;/h1-13,19,29H,14-16,20,38H2,(H2,39,41);1H/t29-;/m0./s1. The van der Waals surface area contributed by atoms with Crippen LogP contribution in [0.2, 0.25) is 5.02 Å². The van der Waals surface area contributed by atoms with E-state index in [4.69, 9.17) is 37.5 Å². The molecular weight excluding hydrogens is 675 g/mol. The first-order valence-corrected chi connectivity index (χ1v) is 16.3. The number of thiazole rings is 1. The average molecular weight is 704 g/mol. The van der Waals surface area contributed by atoms with Crippen molar-refractivity contribution >= 4 is 58.9 Å². The molecule has 0 fully saturated rings. The molecule has 47 heavy (non-hydrogen) atoms. The molecule has 0 saturated carbocycles. The predicted molar refractivity (Wildman–Crippen MR) is 187 cm³/mol. The number of carbonyl (C=O) groups is 1. The van der Waals surface area contributed by atoms with Crippen molar-refractivity contribution in [3.05, 3.63) is 112 Å². The number of aromatic nitrogens is 2. The third kappa shape index (κ3) is 9.01. The maximum Gasteiger partial charge on any atom is 0.323 e. The smallest absolute Gasteiger partial charge is 0.323 e. The molecule has 0 radical (unpaired) electrons. The van der Waals surface area contributed by atoms with E-state index in [-0.39, 0.29) is 42.6 Å². The zero-order valence-corrected chi connectivity index (χ0v) is 28.0. The van der Waals surface area contributed by atoms with E-state index in [9.17, 15) is 15.3 Å². The molecule has 0 spiro atoms. The minimum absolute atomic E-state index is 0. The van der Waals surface area contributed by atoms with Gasteiger partial charge in [0.15, 0.2) is 0 Å². The van der Waals surface area contributed by atoms with Gasteiger partial charge in [-0.3, -0.25) is 4.79 Å². The minimum atomic E-state index is -0.769. The molecule has 4 N–H and O–H groups in total. The van der Waals surface area contributed by atoms with Crippen LogP contribution in [0.15, 0.2) is 89.3 Å². The molecule has 0 bridgehead atoms. The first-order valence-electron chi connectivity index (χ1n) is 14.0. The van der Waals surface area contributed by atoms with Gasteiger partial charge in [-0.1, -0.05) is 78.0 Å². The monoisotopic (exact) mass is 702 g/mol. The van der Waals surface area contributed by atoms with Gasteiger partial charge < -0.3 is 20.9 Å². The lowest BCUT2D eigenvalue weighted by molar-refractivity contribution is -0.145. The summed E-state index contributed by atoms with van der Waals surface area (Å²) in [6, 6.07) is 27.4. The third-order valence-electron chi connectivity index (χ3n) is 6.76. The van der Waals surface area contributed by atoms with Gasteiger partial charge in [-0.25, -0.2) is 9.97 Å². The van der Waals surface area contributed by atoms with Gasteiger partial charge in [-0.15, -0.1) is 23.7 Å². The van der Waals surface area contributed by atoms with Crippen LogP contribution in [0.4, 0.5) is 5.82 Å². The Morgan fingerprint density at radius 3 is 2.30 bits per heavy atom. The third-order valence-corrected chi connectivity index (χ3v) is 8.96. The fraction of sp³-hybridized carbons (Fsp3) is 0.147. The highest BCUT2D eigenvalue weighted by molar-refractivity contribution is 7.98. The molecule has 0 aliphatic heterocycles. The number of nitrogen functional groups attached to an aromatic ring is 1. The lowest BCUT2D eigenvalue weighted by Crippen LogP contribution is -2.35.